The summed E-state index contributed by atoms with van der Waals surface area (Å²) in [4.78, 5) is 22.2. The SMILES string of the molecule is O=C1NCNn2ccc(=O)c(O)c21. The van der Waals surface area contributed by atoms with Crippen LogP contribution in [0.15, 0.2) is 17.1 Å². The van der Waals surface area contributed by atoms with Gasteiger partial charge in [-0.05, 0) is 0 Å². The summed E-state index contributed by atoms with van der Waals surface area (Å²) in [6, 6.07) is 1.18. The molecule has 0 aromatic carbocycles. The van der Waals surface area contributed by atoms with E-state index in [1.807, 2.05) is 0 Å². The minimum atomic E-state index is -0.565. The van der Waals surface area contributed by atoms with E-state index < -0.39 is 17.1 Å². The Morgan fingerprint density at radius 2 is 2.23 bits per heavy atom. The van der Waals surface area contributed by atoms with E-state index in [4.69, 9.17) is 0 Å². The van der Waals surface area contributed by atoms with Crippen molar-refractivity contribution in [1.82, 2.24) is 9.99 Å². The standard InChI is InChI=1S/C7H7N3O3/c11-4-1-2-10-5(6(4)12)7(13)8-3-9-10/h1-2,9,12H,3H2,(H,8,13). The van der Waals surface area contributed by atoms with E-state index in [0.29, 0.717) is 0 Å². The van der Waals surface area contributed by atoms with Gasteiger partial charge >= 0.3 is 0 Å². The zero-order chi connectivity index (χ0) is 9.42. The second kappa shape index (κ2) is 2.51. The first kappa shape index (κ1) is 7.66. The predicted molar refractivity (Wildman–Crippen MR) is 44.1 cm³/mol. The quantitative estimate of drug-likeness (QED) is 0.469. The number of pyridine rings is 1. The highest BCUT2D eigenvalue weighted by atomic mass is 16.3. The minimum absolute atomic E-state index is 0.0567. The summed E-state index contributed by atoms with van der Waals surface area (Å²) >= 11 is 0. The highest BCUT2D eigenvalue weighted by Gasteiger charge is 2.20. The van der Waals surface area contributed by atoms with Gasteiger partial charge in [0, 0.05) is 12.3 Å². The van der Waals surface area contributed by atoms with E-state index in [0.717, 1.165) is 0 Å². The van der Waals surface area contributed by atoms with Crippen LogP contribution in [0.4, 0.5) is 0 Å². The topological polar surface area (TPSA) is 83.4 Å². The van der Waals surface area contributed by atoms with Gasteiger partial charge in [-0.3, -0.25) is 14.3 Å². The number of hydrogen-bond acceptors (Lipinski definition) is 4. The number of carbonyl (C=O) groups is 1. The molecule has 68 valence electrons. The minimum Gasteiger partial charge on any atom is -0.502 e. The van der Waals surface area contributed by atoms with E-state index in [9.17, 15) is 14.7 Å². The van der Waals surface area contributed by atoms with E-state index >= 15 is 0 Å². The first-order valence-corrected chi connectivity index (χ1v) is 3.67. The monoisotopic (exact) mass is 181 g/mol. The molecule has 1 aromatic heterocycles. The lowest BCUT2D eigenvalue weighted by molar-refractivity contribution is 0.0931. The number of nitrogens with zero attached hydrogens (tertiary/aromatic N) is 1. The number of rotatable bonds is 0. The maximum absolute atomic E-state index is 11.2. The average molecular weight is 181 g/mol. The van der Waals surface area contributed by atoms with Gasteiger partial charge in [-0.1, -0.05) is 0 Å². The molecule has 0 saturated heterocycles. The van der Waals surface area contributed by atoms with E-state index in [-0.39, 0.29) is 12.4 Å². The number of nitrogens with one attached hydrogen (secondary N) is 2. The third-order valence-corrected chi connectivity index (χ3v) is 1.79. The summed E-state index contributed by atoms with van der Waals surface area (Å²) < 4.78 is 1.32. The van der Waals surface area contributed by atoms with Crippen molar-refractivity contribution in [2.24, 2.45) is 0 Å². The van der Waals surface area contributed by atoms with Crippen molar-refractivity contribution in [2.75, 3.05) is 12.1 Å². The molecule has 0 unspecified atom stereocenters. The second-order valence-electron chi connectivity index (χ2n) is 2.59. The van der Waals surface area contributed by atoms with Gasteiger partial charge < -0.3 is 15.8 Å². The first-order chi connectivity index (χ1) is 6.20. The molecule has 0 radical (unpaired) electrons. The number of fused-ring (bicyclic) bond motifs is 1. The molecule has 0 spiro atoms. The Morgan fingerprint density at radius 1 is 1.46 bits per heavy atom. The largest absolute Gasteiger partial charge is 0.502 e. The zero-order valence-electron chi connectivity index (χ0n) is 6.57. The van der Waals surface area contributed by atoms with Gasteiger partial charge in [0.2, 0.25) is 5.43 Å². The van der Waals surface area contributed by atoms with Crippen molar-refractivity contribution in [1.29, 1.82) is 0 Å². The molecule has 0 saturated carbocycles. The molecule has 2 heterocycles. The van der Waals surface area contributed by atoms with Crippen LogP contribution in [0.5, 0.6) is 5.75 Å². The molecule has 1 aromatic rings. The number of carbonyl (C=O) groups excluding carboxylic acids is 1. The molecular weight excluding hydrogens is 174 g/mol. The molecule has 3 N–H and O–H groups in total. The normalized spacial score (nSPS) is 14.3. The van der Waals surface area contributed by atoms with Gasteiger partial charge in [0.25, 0.3) is 5.91 Å². The Hall–Kier alpha value is -1.98. The van der Waals surface area contributed by atoms with Crippen LogP contribution in [0.25, 0.3) is 0 Å². The van der Waals surface area contributed by atoms with Crippen LogP contribution in [-0.2, 0) is 0 Å². The van der Waals surface area contributed by atoms with Gasteiger partial charge in [-0.25, -0.2) is 0 Å². The molecule has 1 aliphatic heterocycles. The van der Waals surface area contributed by atoms with Crippen LogP contribution in [0.1, 0.15) is 10.5 Å². The maximum Gasteiger partial charge on any atom is 0.275 e. The van der Waals surface area contributed by atoms with Crippen molar-refractivity contribution in [2.45, 2.75) is 0 Å². The zero-order valence-corrected chi connectivity index (χ0v) is 6.57. The highest BCUT2D eigenvalue weighted by molar-refractivity contribution is 5.95. The molecular formula is C7H7N3O3. The van der Waals surface area contributed by atoms with Crippen molar-refractivity contribution in [3.8, 4) is 5.75 Å². The fourth-order valence-electron chi connectivity index (χ4n) is 1.16. The van der Waals surface area contributed by atoms with E-state index in [2.05, 4.69) is 10.7 Å². The molecule has 0 atom stereocenters. The van der Waals surface area contributed by atoms with Crippen molar-refractivity contribution >= 4 is 5.91 Å². The molecule has 2 rings (SSSR count). The maximum atomic E-state index is 11.2. The van der Waals surface area contributed by atoms with Crippen LogP contribution >= 0.6 is 0 Å². The molecule has 6 heteroatoms. The summed E-state index contributed by atoms with van der Waals surface area (Å²) in [5, 5.41) is 11.7. The third kappa shape index (κ3) is 1.03. The summed E-state index contributed by atoms with van der Waals surface area (Å²) in [5.41, 5.74) is 2.13. The summed E-state index contributed by atoms with van der Waals surface area (Å²) in [6.07, 6.45) is 1.40. The first-order valence-electron chi connectivity index (χ1n) is 3.67. The smallest absolute Gasteiger partial charge is 0.275 e. The Kier molecular flexibility index (Phi) is 1.48. The van der Waals surface area contributed by atoms with E-state index in [1.165, 1.54) is 16.9 Å². The number of aromatic hydroxyl groups is 1. The fraction of sp³-hybridized carbons (Fsp3) is 0.143. The molecule has 0 aliphatic carbocycles. The van der Waals surface area contributed by atoms with Gasteiger partial charge in [-0.2, -0.15) is 0 Å². The highest BCUT2D eigenvalue weighted by Crippen LogP contribution is 2.11. The Morgan fingerprint density at radius 3 is 3.00 bits per heavy atom. The van der Waals surface area contributed by atoms with Crippen molar-refractivity contribution in [3.05, 3.63) is 28.2 Å². The molecule has 0 bridgehead atoms. The van der Waals surface area contributed by atoms with Crippen LogP contribution in [0.3, 0.4) is 0 Å². The van der Waals surface area contributed by atoms with Gasteiger partial charge in [-0.15, -0.1) is 0 Å². The molecule has 13 heavy (non-hydrogen) atoms. The second-order valence-corrected chi connectivity index (χ2v) is 2.59. The summed E-state index contributed by atoms with van der Waals surface area (Å²) in [5.74, 6) is -0.999. The summed E-state index contributed by atoms with van der Waals surface area (Å²) in [6.45, 7) is 0.272. The van der Waals surface area contributed by atoms with Crippen molar-refractivity contribution < 1.29 is 9.90 Å². The van der Waals surface area contributed by atoms with Crippen LogP contribution in [0.2, 0.25) is 0 Å². The number of amides is 1. The van der Waals surface area contributed by atoms with Gasteiger partial charge in [0.05, 0.1) is 0 Å². The lowest BCUT2D eigenvalue weighted by Gasteiger charge is -2.21. The Balaban J connectivity index is 2.72. The van der Waals surface area contributed by atoms with Crippen LogP contribution in [-0.4, -0.2) is 22.4 Å². The molecule has 0 fully saturated rings. The fourth-order valence-corrected chi connectivity index (χ4v) is 1.16. The molecule has 6 nitrogen and oxygen atoms in total. The Labute approximate surface area is 72.8 Å². The molecule has 1 amide bonds. The average Bonchev–Trinajstić information content (AvgIpc) is 2.12. The van der Waals surface area contributed by atoms with Gasteiger partial charge in [0.15, 0.2) is 11.4 Å². The van der Waals surface area contributed by atoms with Crippen LogP contribution in [0, 0.1) is 0 Å². The van der Waals surface area contributed by atoms with Crippen molar-refractivity contribution in [3.63, 3.8) is 0 Å². The predicted octanol–water partition coefficient (Wildman–Crippen LogP) is -1.20. The molecule has 1 aliphatic rings. The van der Waals surface area contributed by atoms with Gasteiger partial charge in [0.1, 0.15) is 6.67 Å². The third-order valence-electron chi connectivity index (χ3n) is 1.79. The number of aromatic nitrogens is 1. The number of hydrogen-bond donors (Lipinski definition) is 3. The lowest BCUT2D eigenvalue weighted by Crippen LogP contribution is -2.42. The van der Waals surface area contributed by atoms with Crippen LogP contribution < -0.4 is 16.2 Å². The lowest BCUT2D eigenvalue weighted by atomic mass is 10.3. The summed E-state index contributed by atoms with van der Waals surface area (Å²) in [7, 11) is 0. The Bertz CT molecular complexity index is 423. The van der Waals surface area contributed by atoms with E-state index in [1.54, 1.807) is 0 Å².